The molecule has 1 N–H and O–H groups in total. The second-order valence-electron chi connectivity index (χ2n) is 4.34. The summed E-state index contributed by atoms with van der Waals surface area (Å²) >= 11 is 3.45. The van der Waals surface area contributed by atoms with Crippen LogP contribution < -0.4 is 0 Å². The van der Waals surface area contributed by atoms with Gasteiger partial charge in [0.05, 0.1) is 6.10 Å². The lowest BCUT2D eigenvalue weighted by Gasteiger charge is -2.18. The third-order valence-electron chi connectivity index (χ3n) is 2.81. The highest BCUT2D eigenvalue weighted by Crippen LogP contribution is 2.45. The van der Waals surface area contributed by atoms with Crippen molar-refractivity contribution < 1.29 is 5.11 Å². The Kier molecular flexibility index (Phi) is 2.00. The average Bonchev–Trinajstić information content (AvgIpc) is 2.23. The van der Waals surface area contributed by atoms with Crippen LogP contribution >= 0.6 is 15.9 Å². The number of aliphatic hydroxyl groups is 1. The molecule has 0 aromatic heterocycles. The molecule has 0 unspecified atom stereocenters. The van der Waals surface area contributed by atoms with Crippen molar-refractivity contribution in [3.05, 3.63) is 33.8 Å². The van der Waals surface area contributed by atoms with Crippen molar-refractivity contribution in [2.75, 3.05) is 0 Å². The fourth-order valence-electron chi connectivity index (χ4n) is 2.11. The fraction of sp³-hybridized carbons (Fsp3) is 0.455. The Hall–Kier alpha value is -0.340. The van der Waals surface area contributed by atoms with Crippen LogP contribution in [-0.2, 0) is 5.41 Å². The number of hydrogen-bond donors (Lipinski definition) is 1. The van der Waals surface area contributed by atoms with E-state index in [2.05, 4.69) is 35.8 Å². The Morgan fingerprint density at radius 1 is 1.46 bits per heavy atom. The Labute approximate surface area is 86.9 Å². The molecule has 2 heteroatoms. The van der Waals surface area contributed by atoms with Crippen molar-refractivity contribution in [3.8, 4) is 0 Å². The number of fused-ring (bicyclic) bond motifs is 1. The van der Waals surface area contributed by atoms with E-state index in [1.165, 1.54) is 5.56 Å². The van der Waals surface area contributed by atoms with Gasteiger partial charge in [-0.25, -0.2) is 0 Å². The summed E-state index contributed by atoms with van der Waals surface area (Å²) in [5.74, 6) is 0. The summed E-state index contributed by atoms with van der Waals surface area (Å²) in [6.45, 7) is 4.35. The molecule has 0 heterocycles. The normalized spacial score (nSPS) is 24.5. The number of aliphatic hydroxyl groups excluding tert-OH is 1. The van der Waals surface area contributed by atoms with E-state index in [9.17, 15) is 5.11 Å². The van der Waals surface area contributed by atoms with E-state index in [0.717, 1.165) is 16.5 Å². The van der Waals surface area contributed by atoms with Gasteiger partial charge in [-0.15, -0.1) is 0 Å². The van der Waals surface area contributed by atoms with Crippen LogP contribution in [0, 0.1) is 0 Å². The molecule has 0 bridgehead atoms. The third kappa shape index (κ3) is 1.42. The molecule has 0 spiro atoms. The molecule has 1 aliphatic carbocycles. The van der Waals surface area contributed by atoms with Gasteiger partial charge in [0.15, 0.2) is 0 Å². The summed E-state index contributed by atoms with van der Waals surface area (Å²) in [7, 11) is 0. The van der Waals surface area contributed by atoms with E-state index in [0.29, 0.717) is 0 Å². The van der Waals surface area contributed by atoms with Crippen LogP contribution in [0.2, 0.25) is 0 Å². The summed E-state index contributed by atoms with van der Waals surface area (Å²) in [6.07, 6.45) is 0.553. The second-order valence-corrected chi connectivity index (χ2v) is 5.25. The van der Waals surface area contributed by atoms with Gasteiger partial charge >= 0.3 is 0 Å². The molecule has 1 aromatic carbocycles. The SMILES string of the molecule is CC1(C)C[C@H](O)c2ccc(Br)cc21. The zero-order valence-electron chi connectivity index (χ0n) is 7.84. The molecule has 0 saturated heterocycles. The molecule has 0 amide bonds. The molecule has 0 radical (unpaired) electrons. The van der Waals surface area contributed by atoms with Crippen LogP contribution in [0.15, 0.2) is 22.7 Å². The predicted octanol–water partition coefficient (Wildman–Crippen LogP) is 3.16. The molecular formula is C11H13BrO. The molecular weight excluding hydrogens is 228 g/mol. The maximum Gasteiger partial charge on any atom is 0.0801 e. The topological polar surface area (TPSA) is 20.2 Å². The lowest BCUT2D eigenvalue weighted by atomic mass is 9.87. The lowest BCUT2D eigenvalue weighted by molar-refractivity contribution is 0.161. The highest BCUT2D eigenvalue weighted by molar-refractivity contribution is 9.10. The van der Waals surface area contributed by atoms with E-state index >= 15 is 0 Å². The second kappa shape index (κ2) is 2.82. The molecule has 70 valence electrons. The van der Waals surface area contributed by atoms with E-state index < -0.39 is 0 Å². The van der Waals surface area contributed by atoms with Crippen LogP contribution in [0.5, 0.6) is 0 Å². The van der Waals surface area contributed by atoms with Crippen LogP contribution in [0.4, 0.5) is 0 Å². The molecule has 0 fully saturated rings. The van der Waals surface area contributed by atoms with E-state index in [1.807, 2.05) is 12.1 Å². The largest absolute Gasteiger partial charge is 0.388 e. The van der Waals surface area contributed by atoms with Crippen molar-refractivity contribution in [1.29, 1.82) is 0 Å². The predicted molar refractivity (Wildman–Crippen MR) is 56.7 cm³/mol. The van der Waals surface area contributed by atoms with Crippen molar-refractivity contribution >= 4 is 15.9 Å². The van der Waals surface area contributed by atoms with Gasteiger partial charge in [-0.3, -0.25) is 0 Å². The van der Waals surface area contributed by atoms with Gasteiger partial charge in [0.1, 0.15) is 0 Å². The molecule has 0 aliphatic heterocycles. The maximum absolute atomic E-state index is 9.79. The highest BCUT2D eigenvalue weighted by Gasteiger charge is 2.35. The standard InChI is InChI=1S/C11H13BrO/c1-11(2)6-10(13)8-4-3-7(12)5-9(8)11/h3-5,10,13H,6H2,1-2H3/t10-/m0/s1. The average molecular weight is 241 g/mol. The van der Waals surface area contributed by atoms with Crippen LogP contribution in [0.3, 0.4) is 0 Å². The molecule has 2 rings (SSSR count). The summed E-state index contributed by atoms with van der Waals surface area (Å²) in [5, 5.41) is 9.79. The van der Waals surface area contributed by atoms with Crippen molar-refractivity contribution in [2.24, 2.45) is 0 Å². The molecule has 1 aromatic rings. The summed E-state index contributed by atoms with van der Waals surface area (Å²) in [4.78, 5) is 0. The highest BCUT2D eigenvalue weighted by atomic mass is 79.9. The minimum absolute atomic E-state index is 0.110. The minimum atomic E-state index is -0.280. The first-order valence-corrected chi connectivity index (χ1v) is 5.28. The Morgan fingerprint density at radius 2 is 2.15 bits per heavy atom. The number of rotatable bonds is 0. The maximum atomic E-state index is 9.79. The molecule has 1 atom stereocenters. The number of halogens is 1. The van der Waals surface area contributed by atoms with E-state index in [-0.39, 0.29) is 11.5 Å². The van der Waals surface area contributed by atoms with Gasteiger partial charge in [0.2, 0.25) is 0 Å². The van der Waals surface area contributed by atoms with Crippen molar-refractivity contribution in [3.63, 3.8) is 0 Å². The van der Waals surface area contributed by atoms with Crippen LogP contribution in [-0.4, -0.2) is 5.11 Å². The third-order valence-corrected chi connectivity index (χ3v) is 3.30. The van der Waals surface area contributed by atoms with Gasteiger partial charge in [0.25, 0.3) is 0 Å². The van der Waals surface area contributed by atoms with Gasteiger partial charge in [-0.05, 0) is 35.1 Å². The summed E-state index contributed by atoms with van der Waals surface area (Å²) in [6, 6.07) is 6.12. The molecule has 1 aliphatic rings. The summed E-state index contributed by atoms with van der Waals surface area (Å²) in [5.41, 5.74) is 2.47. The molecule has 13 heavy (non-hydrogen) atoms. The van der Waals surface area contributed by atoms with Crippen molar-refractivity contribution in [2.45, 2.75) is 31.8 Å². The fourth-order valence-corrected chi connectivity index (χ4v) is 2.47. The first kappa shape index (κ1) is 9.22. The smallest absolute Gasteiger partial charge is 0.0801 e. The quantitative estimate of drug-likeness (QED) is 0.739. The van der Waals surface area contributed by atoms with Gasteiger partial charge < -0.3 is 5.11 Å². The molecule has 0 saturated carbocycles. The zero-order valence-corrected chi connectivity index (χ0v) is 9.43. The Balaban J connectivity index is 2.60. The van der Waals surface area contributed by atoms with Gasteiger partial charge in [-0.1, -0.05) is 35.8 Å². The van der Waals surface area contributed by atoms with Crippen molar-refractivity contribution in [1.82, 2.24) is 0 Å². The monoisotopic (exact) mass is 240 g/mol. The summed E-state index contributed by atoms with van der Waals surface area (Å²) < 4.78 is 1.09. The van der Waals surface area contributed by atoms with Gasteiger partial charge in [0, 0.05) is 4.47 Å². The van der Waals surface area contributed by atoms with Crippen LogP contribution in [0.25, 0.3) is 0 Å². The number of benzene rings is 1. The first-order chi connectivity index (χ1) is 6.00. The minimum Gasteiger partial charge on any atom is -0.388 e. The Bertz CT molecular complexity index is 344. The van der Waals surface area contributed by atoms with E-state index in [1.54, 1.807) is 0 Å². The number of hydrogen-bond acceptors (Lipinski definition) is 1. The Morgan fingerprint density at radius 3 is 2.85 bits per heavy atom. The molecule has 1 nitrogen and oxygen atoms in total. The lowest BCUT2D eigenvalue weighted by Crippen LogP contribution is -2.12. The van der Waals surface area contributed by atoms with Gasteiger partial charge in [-0.2, -0.15) is 0 Å². The first-order valence-electron chi connectivity index (χ1n) is 4.49. The van der Waals surface area contributed by atoms with Crippen LogP contribution in [0.1, 0.15) is 37.5 Å². The van der Waals surface area contributed by atoms with E-state index in [4.69, 9.17) is 0 Å². The zero-order chi connectivity index (χ0) is 9.64.